The van der Waals surface area contributed by atoms with E-state index in [4.69, 9.17) is 4.74 Å². The summed E-state index contributed by atoms with van der Waals surface area (Å²) in [6.45, 7) is -0.651. The predicted molar refractivity (Wildman–Crippen MR) is 98.0 cm³/mol. The molecule has 1 aliphatic carbocycles. The molecule has 0 radical (unpaired) electrons. The fourth-order valence-corrected chi connectivity index (χ4v) is 3.10. The van der Waals surface area contributed by atoms with Crippen LogP contribution in [0.25, 0.3) is 0 Å². The van der Waals surface area contributed by atoms with Crippen LogP contribution in [0.3, 0.4) is 0 Å². The van der Waals surface area contributed by atoms with Crippen molar-refractivity contribution in [3.63, 3.8) is 0 Å². The Labute approximate surface area is 160 Å². The first-order chi connectivity index (χ1) is 13.4. The number of hydrogen-bond donors (Lipinski definition) is 1. The summed E-state index contributed by atoms with van der Waals surface area (Å²) < 4.78 is 31.3. The SMILES string of the molecule is O=C(COC(=O)CCC(=O)c1ccc2c(c1)CCC2)Nc1cc(F)ccc1F. The van der Waals surface area contributed by atoms with Crippen molar-refractivity contribution in [3.8, 4) is 0 Å². The maximum atomic E-state index is 13.5. The average Bonchev–Trinajstić information content (AvgIpc) is 3.15. The van der Waals surface area contributed by atoms with E-state index >= 15 is 0 Å². The third-order valence-electron chi connectivity index (χ3n) is 4.54. The number of anilines is 1. The fourth-order valence-electron chi connectivity index (χ4n) is 3.10. The first-order valence-electron chi connectivity index (χ1n) is 8.98. The molecule has 0 atom stereocenters. The van der Waals surface area contributed by atoms with E-state index < -0.39 is 30.1 Å². The molecule has 1 aliphatic rings. The molecule has 7 heteroatoms. The number of aryl methyl sites for hydroxylation is 2. The van der Waals surface area contributed by atoms with Crippen molar-refractivity contribution in [2.24, 2.45) is 0 Å². The van der Waals surface area contributed by atoms with E-state index in [2.05, 4.69) is 5.32 Å². The maximum Gasteiger partial charge on any atom is 0.306 e. The zero-order valence-electron chi connectivity index (χ0n) is 15.1. The number of rotatable bonds is 7. The van der Waals surface area contributed by atoms with Crippen LogP contribution >= 0.6 is 0 Å². The molecule has 0 aliphatic heterocycles. The Kier molecular flexibility index (Phi) is 6.13. The number of hydrogen-bond acceptors (Lipinski definition) is 4. The molecule has 0 saturated carbocycles. The van der Waals surface area contributed by atoms with Crippen LogP contribution in [-0.4, -0.2) is 24.3 Å². The van der Waals surface area contributed by atoms with Gasteiger partial charge < -0.3 is 10.1 Å². The van der Waals surface area contributed by atoms with E-state index in [1.807, 2.05) is 12.1 Å². The van der Waals surface area contributed by atoms with E-state index in [1.54, 1.807) is 6.07 Å². The highest BCUT2D eigenvalue weighted by molar-refractivity contribution is 5.98. The first-order valence-corrected chi connectivity index (χ1v) is 8.98. The van der Waals surface area contributed by atoms with Gasteiger partial charge in [0.05, 0.1) is 12.1 Å². The van der Waals surface area contributed by atoms with Gasteiger partial charge in [-0.05, 0) is 48.6 Å². The summed E-state index contributed by atoms with van der Waals surface area (Å²) in [5, 5.41) is 2.12. The molecule has 0 bridgehead atoms. The van der Waals surface area contributed by atoms with Gasteiger partial charge in [0.1, 0.15) is 11.6 Å². The van der Waals surface area contributed by atoms with E-state index in [1.165, 1.54) is 11.1 Å². The number of fused-ring (bicyclic) bond motifs is 1. The Bertz CT molecular complexity index is 927. The minimum absolute atomic E-state index is 0.0300. The molecule has 1 N–H and O–H groups in total. The van der Waals surface area contributed by atoms with Crippen LogP contribution in [0, 0.1) is 11.6 Å². The molecule has 0 unspecified atom stereocenters. The summed E-state index contributed by atoms with van der Waals surface area (Å²) in [5.74, 6) is -3.20. The molecule has 28 heavy (non-hydrogen) atoms. The Morgan fingerprint density at radius 3 is 2.57 bits per heavy atom. The lowest BCUT2D eigenvalue weighted by Gasteiger charge is -2.08. The Morgan fingerprint density at radius 1 is 0.964 bits per heavy atom. The number of esters is 1. The Morgan fingerprint density at radius 2 is 1.75 bits per heavy atom. The number of halogens is 2. The van der Waals surface area contributed by atoms with Crippen molar-refractivity contribution in [1.82, 2.24) is 0 Å². The van der Waals surface area contributed by atoms with Gasteiger partial charge in [0, 0.05) is 18.1 Å². The van der Waals surface area contributed by atoms with Crippen molar-refractivity contribution < 1.29 is 27.9 Å². The van der Waals surface area contributed by atoms with E-state index in [-0.39, 0.29) is 24.3 Å². The molecular weight excluding hydrogens is 368 g/mol. The third-order valence-corrected chi connectivity index (χ3v) is 4.54. The zero-order chi connectivity index (χ0) is 20.1. The van der Waals surface area contributed by atoms with Crippen molar-refractivity contribution in [2.45, 2.75) is 32.1 Å². The monoisotopic (exact) mass is 387 g/mol. The minimum Gasteiger partial charge on any atom is -0.456 e. The second-order valence-corrected chi connectivity index (χ2v) is 6.59. The zero-order valence-corrected chi connectivity index (χ0v) is 15.1. The van der Waals surface area contributed by atoms with E-state index in [0.29, 0.717) is 5.56 Å². The molecule has 0 spiro atoms. The predicted octanol–water partition coefficient (Wildman–Crippen LogP) is 3.60. The van der Waals surface area contributed by atoms with E-state index in [0.717, 1.165) is 37.5 Å². The van der Waals surface area contributed by atoms with Crippen LogP contribution in [0.5, 0.6) is 0 Å². The highest BCUT2D eigenvalue weighted by Crippen LogP contribution is 2.23. The Balaban J connectivity index is 1.43. The molecule has 2 aromatic rings. The number of amides is 1. The maximum absolute atomic E-state index is 13.5. The number of nitrogens with one attached hydrogen (secondary N) is 1. The quantitative estimate of drug-likeness (QED) is 0.582. The molecule has 1 amide bonds. The first kappa shape index (κ1) is 19.7. The van der Waals surface area contributed by atoms with Gasteiger partial charge in [-0.15, -0.1) is 0 Å². The van der Waals surface area contributed by atoms with Crippen LogP contribution in [0.4, 0.5) is 14.5 Å². The highest BCUT2D eigenvalue weighted by Gasteiger charge is 2.16. The summed E-state index contributed by atoms with van der Waals surface area (Å²) in [4.78, 5) is 35.7. The molecule has 0 saturated heterocycles. The van der Waals surface area contributed by atoms with Gasteiger partial charge in [0.25, 0.3) is 5.91 Å². The average molecular weight is 387 g/mol. The minimum atomic E-state index is -0.805. The largest absolute Gasteiger partial charge is 0.456 e. The number of carbonyl (C=O) groups is 3. The molecular formula is C21H19F2NO4. The van der Waals surface area contributed by atoms with Gasteiger partial charge in [-0.25, -0.2) is 8.78 Å². The van der Waals surface area contributed by atoms with Crippen molar-refractivity contribution in [3.05, 3.63) is 64.7 Å². The number of ether oxygens (including phenoxy) is 1. The molecule has 5 nitrogen and oxygen atoms in total. The molecule has 0 fully saturated rings. The van der Waals surface area contributed by atoms with Gasteiger partial charge in [-0.3, -0.25) is 14.4 Å². The molecule has 2 aromatic carbocycles. The van der Waals surface area contributed by atoms with Crippen LogP contribution in [0.1, 0.15) is 40.7 Å². The number of benzene rings is 2. The van der Waals surface area contributed by atoms with Crippen LogP contribution in [-0.2, 0) is 27.2 Å². The van der Waals surface area contributed by atoms with Crippen LogP contribution in [0.15, 0.2) is 36.4 Å². The van der Waals surface area contributed by atoms with Gasteiger partial charge in [-0.1, -0.05) is 12.1 Å². The van der Waals surface area contributed by atoms with Gasteiger partial charge in [0.15, 0.2) is 12.4 Å². The summed E-state index contributed by atoms with van der Waals surface area (Å²) in [6, 6.07) is 8.20. The van der Waals surface area contributed by atoms with Gasteiger partial charge in [0.2, 0.25) is 0 Å². The molecule has 146 valence electrons. The lowest BCUT2D eigenvalue weighted by molar-refractivity contribution is -0.147. The fraction of sp³-hybridized carbons (Fsp3) is 0.286. The molecule has 0 aromatic heterocycles. The second-order valence-electron chi connectivity index (χ2n) is 6.59. The van der Waals surface area contributed by atoms with E-state index in [9.17, 15) is 23.2 Å². The smallest absolute Gasteiger partial charge is 0.306 e. The lowest BCUT2D eigenvalue weighted by Crippen LogP contribution is -2.21. The summed E-state index contributed by atoms with van der Waals surface area (Å²) >= 11 is 0. The summed E-state index contributed by atoms with van der Waals surface area (Å²) in [6.07, 6.45) is 2.87. The second kappa shape index (κ2) is 8.73. The summed E-state index contributed by atoms with van der Waals surface area (Å²) in [7, 11) is 0. The van der Waals surface area contributed by atoms with Gasteiger partial charge in [-0.2, -0.15) is 0 Å². The number of ketones is 1. The number of Topliss-reactive ketones (excluding diaryl/α,β-unsaturated/α-hetero) is 1. The highest BCUT2D eigenvalue weighted by atomic mass is 19.1. The van der Waals surface area contributed by atoms with Gasteiger partial charge >= 0.3 is 5.97 Å². The normalized spacial score (nSPS) is 12.4. The Hall–Kier alpha value is -3.09. The standard InChI is InChI=1S/C21H19F2NO4/c22-16-6-7-17(23)18(11-16)24-20(26)12-28-21(27)9-8-19(25)15-5-4-13-2-1-3-14(13)10-15/h4-7,10-11H,1-3,8-9,12H2,(H,24,26). The molecule has 0 heterocycles. The van der Waals surface area contributed by atoms with Crippen LogP contribution in [0.2, 0.25) is 0 Å². The van der Waals surface area contributed by atoms with Crippen molar-refractivity contribution >= 4 is 23.3 Å². The summed E-state index contributed by atoms with van der Waals surface area (Å²) in [5.41, 5.74) is 2.66. The molecule has 3 rings (SSSR count). The number of carbonyl (C=O) groups excluding carboxylic acids is 3. The van der Waals surface area contributed by atoms with Crippen molar-refractivity contribution in [1.29, 1.82) is 0 Å². The third kappa shape index (κ3) is 5.00. The lowest BCUT2D eigenvalue weighted by atomic mass is 10.0. The van der Waals surface area contributed by atoms with Crippen LogP contribution < -0.4 is 5.32 Å². The van der Waals surface area contributed by atoms with Crippen molar-refractivity contribution in [2.75, 3.05) is 11.9 Å². The topological polar surface area (TPSA) is 72.5 Å².